The van der Waals surface area contributed by atoms with Gasteiger partial charge in [0.1, 0.15) is 5.69 Å². The third-order valence-electron chi connectivity index (χ3n) is 4.19. The molecule has 0 radical (unpaired) electrons. The maximum atomic E-state index is 12.6. The van der Waals surface area contributed by atoms with Crippen molar-refractivity contribution in [3.8, 4) is 0 Å². The van der Waals surface area contributed by atoms with E-state index in [4.69, 9.17) is 0 Å². The van der Waals surface area contributed by atoms with E-state index in [2.05, 4.69) is 10.6 Å². The summed E-state index contributed by atoms with van der Waals surface area (Å²) in [7, 11) is 3.34. The predicted octanol–water partition coefficient (Wildman–Crippen LogP) is 5.36. The van der Waals surface area contributed by atoms with E-state index in [1.54, 1.807) is 50.5 Å². The number of amides is 2. The molecule has 2 amide bonds. The fourth-order valence-electron chi connectivity index (χ4n) is 2.61. The van der Waals surface area contributed by atoms with Crippen LogP contribution in [0.5, 0.6) is 0 Å². The van der Waals surface area contributed by atoms with Gasteiger partial charge in [0, 0.05) is 42.0 Å². The van der Waals surface area contributed by atoms with Crippen molar-refractivity contribution in [2.45, 2.75) is 4.90 Å². The van der Waals surface area contributed by atoms with Gasteiger partial charge < -0.3 is 15.5 Å². The number of nitrogens with zero attached hydrogens (tertiary/aromatic N) is 2. The topological polar surface area (TPSA) is 105 Å². The zero-order chi connectivity index (χ0) is 22.4. The van der Waals surface area contributed by atoms with Crippen molar-refractivity contribution < 1.29 is 14.5 Å². The summed E-state index contributed by atoms with van der Waals surface area (Å²) in [5.41, 5.74) is 1.46. The van der Waals surface area contributed by atoms with Crippen LogP contribution in [0.2, 0.25) is 0 Å². The van der Waals surface area contributed by atoms with E-state index in [1.165, 1.54) is 23.1 Å². The monoisotopic (exact) mass is 436 g/mol. The number of nitro benzene ring substituents is 1. The number of hydrogen-bond acceptors (Lipinski definition) is 6. The minimum absolute atomic E-state index is 0.103. The molecule has 0 aliphatic rings. The van der Waals surface area contributed by atoms with Crippen molar-refractivity contribution in [3.05, 3.63) is 88.5 Å². The van der Waals surface area contributed by atoms with E-state index in [-0.39, 0.29) is 16.5 Å². The minimum Gasteiger partial charge on any atom is -0.350 e. The first-order valence-corrected chi connectivity index (χ1v) is 10.1. The van der Waals surface area contributed by atoms with Crippen LogP contribution in [0.1, 0.15) is 10.4 Å². The van der Waals surface area contributed by atoms with Crippen LogP contribution >= 0.6 is 11.8 Å². The van der Waals surface area contributed by atoms with E-state index in [9.17, 15) is 19.7 Å². The summed E-state index contributed by atoms with van der Waals surface area (Å²) in [5.74, 6) is -0.473. The molecule has 158 valence electrons. The quantitative estimate of drug-likeness (QED) is 0.306. The molecule has 9 heteroatoms. The highest BCUT2D eigenvalue weighted by molar-refractivity contribution is 8.13. The Morgan fingerprint density at radius 3 is 2.23 bits per heavy atom. The Hall–Kier alpha value is -3.85. The summed E-state index contributed by atoms with van der Waals surface area (Å²) in [4.78, 5) is 37.5. The number of nitro groups is 1. The lowest BCUT2D eigenvalue weighted by Crippen LogP contribution is -2.16. The highest BCUT2D eigenvalue weighted by Gasteiger charge is 2.18. The van der Waals surface area contributed by atoms with Crippen molar-refractivity contribution in [3.63, 3.8) is 0 Å². The molecule has 0 heterocycles. The van der Waals surface area contributed by atoms with Gasteiger partial charge in [0.15, 0.2) is 0 Å². The van der Waals surface area contributed by atoms with Gasteiger partial charge >= 0.3 is 0 Å². The molecule has 3 aromatic rings. The van der Waals surface area contributed by atoms with Gasteiger partial charge in [-0.2, -0.15) is 0 Å². The maximum Gasteiger partial charge on any atom is 0.293 e. The van der Waals surface area contributed by atoms with E-state index < -0.39 is 10.8 Å². The number of carbonyl (C=O) groups is 2. The number of hydrogen-bond donors (Lipinski definition) is 2. The normalized spacial score (nSPS) is 10.3. The zero-order valence-corrected chi connectivity index (χ0v) is 17.7. The number of benzene rings is 3. The van der Waals surface area contributed by atoms with Gasteiger partial charge in [0.2, 0.25) is 0 Å². The van der Waals surface area contributed by atoms with Crippen molar-refractivity contribution in [1.82, 2.24) is 4.90 Å². The molecule has 0 aliphatic heterocycles. The van der Waals surface area contributed by atoms with Crippen molar-refractivity contribution in [2.24, 2.45) is 0 Å². The fourth-order valence-corrected chi connectivity index (χ4v) is 3.26. The van der Waals surface area contributed by atoms with Gasteiger partial charge in [0.05, 0.1) is 4.92 Å². The first kappa shape index (κ1) is 21.8. The van der Waals surface area contributed by atoms with Crippen LogP contribution in [0.4, 0.5) is 27.5 Å². The molecule has 3 aromatic carbocycles. The van der Waals surface area contributed by atoms with Crippen LogP contribution in [0.3, 0.4) is 0 Å². The first-order chi connectivity index (χ1) is 14.8. The molecule has 0 spiro atoms. The summed E-state index contributed by atoms with van der Waals surface area (Å²) in [6, 6.07) is 20.1. The van der Waals surface area contributed by atoms with Crippen LogP contribution in [0, 0.1) is 10.1 Å². The Bertz CT molecular complexity index is 1100. The minimum atomic E-state index is -0.532. The van der Waals surface area contributed by atoms with Crippen LogP contribution in [0.25, 0.3) is 0 Å². The average Bonchev–Trinajstić information content (AvgIpc) is 2.75. The number of para-hydroxylation sites is 1. The third-order valence-corrected chi connectivity index (χ3v) is 5.24. The molecule has 0 aliphatic carbocycles. The van der Waals surface area contributed by atoms with Crippen LogP contribution in [-0.2, 0) is 0 Å². The Kier molecular flexibility index (Phi) is 6.88. The van der Waals surface area contributed by atoms with E-state index in [0.29, 0.717) is 17.1 Å². The number of nitrogens with one attached hydrogen (secondary N) is 2. The molecule has 0 bridgehead atoms. The fraction of sp³-hybridized carbons (Fsp3) is 0.0909. The summed E-state index contributed by atoms with van der Waals surface area (Å²) in [6.07, 6.45) is 0. The second-order valence-corrected chi connectivity index (χ2v) is 7.75. The second kappa shape index (κ2) is 9.77. The highest BCUT2D eigenvalue weighted by atomic mass is 32.2. The molecule has 0 atom stereocenters. The summed E-state index contributed by atoms with van der Waals surface area (Å²) in [5, 5.41) is 17.1. The molecule has 2 N–H and O–H groups in total. The zero-order valence-electron chi connectivity index (χ0n) is 16.9. The summed E-state index contributed by atoms with van der Waals surface area (Å²) < 4.78 is 0. The first-order valence-electron chi connectivity index (χ1n) is 9.24. The van der Waals surface area contributed by atoms with Crippen LogP contribution in [-0.4, -0.2) is 35.1 Å². The number of thioether (sulfide) groups is 1. The Balaban J connectivity index is 1.73. The van der Waals surface area contributed by atoms with Gasteiger partial charge in [-0.3, -0.25) is 19.7 Å². The molecule has 0 fully saturated rings. The van der Waals surface area contributed by atoms with E-state index in [1.807, 2.05) is 18.2 Å². The van der Waals surface area contributed by atoms with Crippen molar-refractivity contribution in [1.29, 1.82) is 0 Å². The molecule has 31 heavy (non-hydrogen) atoms. The molecule has 0 aromatic heterocycles. The number of anilines is 3. The molecule has 3 rings (SSSR count). The van der Waals surface area contributed by atoms with Gasteiger partial charge in [-0.25, -0.2) is 0 Å². The van der Waals surface area contributed by atoms with Gasteiger partial charge in [0.25, 0.3) is 16.8 Å². The Morgan fingerprint density at radius 2 is 1.61 bits per heavy atom. The van der Waals surface area contributed by atoms with Gasteiger partial charge in [-0.15, -0.1) is 0 Å². The molecule has 8 nitrogen and oxygen atoms in total. The Morgan fingerprint density at radius 1 is 0.935 bits per heavy atom. The molecule has 0 saturated carbocycles. The lowest BCUT2D eigenvalue weighted by Gasteiger charge is -2.11. The van der Waals surface area contributed by atoms with E-state index >= 15 is 0 Å². The summed E-state index contributed by atoms with van der Waals surface area (Å²) in [6.45, 7) is 0. The standard InChI is InChI=1S/C22H20N4O4S/c1-25(2)22(28)31-18-11-9-17(10-12-18)24-21(27)15-8-13-19(20(14-15)26(29)30)23-16-6-4-3-5-7-16/h3-14,23H,1-2H3,(H,24,27). The lowest BCUT2D eigenvalue weighted by molar-refractivity contribution is -0.383. The van der Waals surface area contributed by atoms with Crippen molar-refractivity contribution >= 4 is 45.7 Å². The molecular weight excluding hydrogens is 416 g/mol. The molecular formula is C22H20N4O4S. The third kappa shape index (κ3) is 5.83. The highest BCUT2D eigenvalue weighted by Crippen LogP contribution is 2.29. The number of carbonyl (C=O) groups excluding carboxylic acids is 2. The molecule has 0 unspecified atom stereocenters. The Labute approximate surface area is 183 Å². The van der Waals surface area contributed by atoms with Gasteiger partial charge in [-0.05, 0) is 60.3 Å². The van der Waals surface area contributed by atoms with Crippen molar-refractivity contribution in [2.75, 3.05) is 24.7 Å². The maximum absolute atomic E-state index is 12.6. The lowest BCUT2D eigenvalue weighted by atomic mass is 10.1. The summed E-state index contributed by atoms with van der Waals surface area (Å²) >= 11 is 1.08. The molecule has 0 saturated heterocycles. The smallest absolute Gasteiger partial charge is 0.293 e. The second-order valence-electron chi connectivity index (χ2n) is 6.72. The average molecular weight is 436 g/mol. The number of rotatable bonds is 6. The van der Waals surface area contributed by atoms with E-state index in [0.717, 1.165) is 16.7 Å². The largest absolute Gasteiger partial charge is 0.350 e. The van der Waals surface area contributed by atoms with Crippen LogP contribution in [0.15, 0.2) is 77.7 Å². The predicted molar refractivity (Wildman–Crippen MR) is 122 cm³/mol. The van der Waals surface area contributed by atoms with Crippen LogP contribution < -0.4 is 10.6 Å². The SMILES string of the molecule is CN(C)C(=O)Sc1ccc(NC(=O)c2ccc(Nc3ccccc3)c([N+](=O)[O-])c2)cc1. The van der Waals surface area contributed by atoms with Gasteiger partial charge in [-0.1, -0.05) is 18.2 Å².